The number of anilines is 1. The number of para-hydroxylation sites is 1. The predicted octanol–water partition coefficient (Wildman–Crippen LogP) is 1.91. The standard InChI is InChI=1S/C15H15N3O/c19-15(18-9-11-4-3-7-16-8-11)13-10-17-14-6-2-1-5-12(13)14/h1-8,13,17H,9-10H2,(H,18,19). The molecule has 1 aromatic heterocycles. The van der Waals surface area contributed by atoms with E-state index < -0.39 is 0 Å². The van der Waals surface area contributed by atoms with Crippen molar-refractivity contribution in [2.75, 3.05) is 11.9 Å². The normalized spacial score (nSPS) is 16.5. The molecule has 0 aliphatic carbocycles. The summed E-state index contributed by atoms with van der Waals surface area (Å²) in [4.78, 5) is 16.2. The number of hydrogen-bond acceptors (Lipinski definition) is 3. The van der Waals surface area contributed by atoms with Gasteiger partial charge in [-0.15, -0.1) is 0 Å². The van der Waals surface area contributed by atoms with Crippen LogP contribution >= 0.6 is 0 Å². The van der Waals surface area contributed by atoms with Crippen molar-refractivity contribution in [2.45, 2.75) is 12.5 Å². The average Bonchev–Trinajstić information content (AvgIpc) is 2.90. The maximum absolute atomic E-state index is 12.2. The van der Waals surface area contributed by atoms with Crippen LogP contribution in [0.5, 0.6) is 0 Å². The van der Waals surface area contributed by atoms with Gasteiger partial charge in [-0.05, 0) is 23.3 Å². The van der Waals surface area contributed by atoms with Crippen molar-refractivity contribution in [1.82, 2.24) is 10.3 Å². The first kappa shape index (κ1) is 11.7. The van der Waals surface area contributed by atoms with Crippen LogP contribution in [0.15, 0.2) is 48.8 Å². The molecule has 2 heterocycles. The Hall–Kier alpha value is -2.36. The lowest BCUT2D eigenvalue weighted by Crippen LogP contribution is -2.29. The highest BCUT2D eigenvalue weighted by Crippen LogP contribution is 2.30. The van der Waals surface area contributed by atoms with Crippen LogP contribution in [0.4, 0.5) is 5.69 Å². The maximum atomic E-state index is 12.2. The third-order valence-electron chi connectivity index (χ3n) is 3.34. The van der Waals surface area contributed by atoms with E-state index in [2.05, 4.69) is 15.6 Å². The minimum Gasteiger partial charge on any atom is -0.384 e. The molecule has 0 radical (unpaired) electrons. The minimum absolute atomic E-state index is 0.0568. The predicted molar refractivity (Wildman–Crippen MR) is 73.8 cm³/mol. The zero-order chi connectivity index (χ0) is 13.1. The molecule has 1 aliphatic heterocycles. The van der Waals surface area contributed by atoms with Crippen LogP contribution in [0.3, 0.4) is 0 Å². The Morgan fingerprint density at radius 2 is 2.21 bits per heavy atom. The number of aromatic nitrogens is 1. The summed E-state index contributed by atoms with van der Waals surface area (Å²) >= 11 is 0. The van der Waals surface area contributed by atoms with Crippen molar-refractivity contribution in [1.29, 1.82) is 0 Å². The third-order valence-corrected chi connectivity index (χ3v) is 3.34. The fraction of sp³-hybridized carbons (Fsp3) is 0.200. The van der Waals surface area contributed by atoms with Gasteiger partial charge in [0.15, 0.2) is 0 Å². The largest absolute Gasteiger partial charge is 0.384 e. The number of nitrogens with zero attached hydrogens (tertiary/aromatic N) is 1. The molecule has 1 aromatic carbocycles. The van der Waals surface area contributed by atoms with Crippen molar-refractivity contribution in [2.24, 2.45) is 0 Å². The minimum atomic E-state index is -0.104. The van der Waals surface area contributed by atoms with Crippen LogP contribution in [-0.4, -0.2) is 17.4 Å². The number of carbonyl (C=O) groups is 1. The second-order valence-corrected chi connectivity index (χ2v) is 4.60. The number of benzene rings is 1. The van der Waals surface area contributed by atoms with Crippen LogP contribution in [0.25, 0.3) is 0 Å². The second kappa shape index (κ2) is 5.10. The Labute approximate surface area is 111 Å². The van der Waals surface area contributed by atoms with Crippen molar-refractivity contribution in [3.8, 4) is 0 Å². The number of nitrogens with one attached hydrogen (secondary N) is 2. The lowest BCUT2D eigenvalue weighted by atomic mass is 10.0. The summed E-state index contributed by atoms with van der Waals surface area (Å²) in [6, 6.07) is 11.8. The second-order valence-electron chi connectivity index (χ2n) is 4.60. The lowest BCUT2D eigenvalue weighted by Gasteiger charge is -2.11. The molecule has 0 saturated carbocycles. The Morgan fingerprint density at radius 3 is 3.05 bits per heavy atom. The Bertz CT molecular complexity index is 583. The van der Waals surface area contributed by atoms with Crippen molar-refractivity contribution in [3.05, 3.63) is 59.9 Å². The summed E-state index contributed by atoms with van der Waals surface area (Å²) in [6.45, 7) is 1.18. The van der Waals surface area contributed by atoms with Gasteiger partial charge in [-0.25, -0.2) is 0 Å². The first-order chi connectivity index (χ1) is 9.34. The molecule has 0 saturated heterocycles. The molecule has 4 heteroatoms. The molecule has 96 valence electrons. The van der Waals surface area contributed by atoms with Gasteiger partial charge in [0.2, 0.25) is 5.91 Å². The highest BCUT2D eigenvalue weighted by Gasteiger charge is 2.27. The van der Waals surface area contributed by atoms with Crippen molar-refractivity contribution < 1.29 is 4.79 Å². The first-order valence-electron chi connectivity index (χ1n) is 6.34. The lowest BCUT2D eigenvalue weighted by molar-refractivity contribution is -0.122. The topological polar surface area (TPSA) is 54.0 Å². The SMILES string of the molecule is O=C(NCc1cccnc1)C1CNc2ccccc21. The van der Waals surface area contributed by atoms with Gasteiger partial charge in [0.05, 0.1) is 5.92 Å². The molecule has 1 amide bonds. The molecule has 4 nitrogen and oxygen atoms in total. The van der Waals surface area contributed by atoms with Gasteiger partial charge < -0.3 is 10.6 Å². The number of carbonyl (C=O) groups excluding carboxylic acids is 1. The van der Waals surface area contributed by atoms with Gasteiger partial charge in [0, 0.05) is 31.2 Å². The average molecular weight is 253 g/mol. The molecule has 3 rings (SSSR count). The molecular formula is C15H15N3O. The number of rotatable bonds is 3. The van der Waals surface area contributed by atoms with Crippen LogP contribution < -0.4 is 10.6 Å². The fourth-order valence-corrected chi connectivity index (χ4v) is 2.33. The van der Waals surface area contributed by atoms with E-state index in [0.717, 1.165) is 16.8 Å². The molecular weight excluding hydrogens is 238 g/mol. The van der Waals surface area contributed by atoms with E-state index in [1.54, 1.807) is 12.4 Å². The van der Waals surface area contributed by atoms with Gasteiger partial charge in [0.1, 0.15) is 0 Å². The van der Waals surface area contributed by atoms with E-state index in [0.29, 0.717) is 13.1 Å². The highest BCUT2D eigenvalue weighted by molar-refractivity contribution is 5.88. The molecule has 2 N–H and O–H groups in total. The van der Waals surface area contributed by atoms with Crippen LogP contribution in [0.1, 0.15) is 17.0 Å². The molecule has 0 bridgehead atoms. The van der Waals surface area contributed by atoms with E-state index in [1.165, 1.54) is 0 Å². The fourth-order valence-electron chi connectivity index (χ4n) is 2.33. The number of amides is 1. The zero-order valence-electron chi connectivity index (χ0n) is 10.5. The van der Waals surface area contributed by atoms with Crippen molar-refractivity contribution >= 4 is 11.6 Å². The van der Waals surface area contributed by atoms with Gasteiger partial charge in [-0.2, -0.15) is 0 Å². The Balaban J connectivity index is 1.66. The summed E-state index contributed by atoms with van der Waals surface area (Å²) in [5, 5.41) is 6.22. The van der Waals surface area contributed by atoms with Gasteiger partial charge in [0.25, 0.3) is 0 Å². The summed E-state index contributed by atoms with van der Waals surface area (Å²) in [5.74, 6) is -0.0471. The van der Waals surface area contributed by atoms with E-state index in [-0.39, 0.29) is 11.8 Å². The molecule has 0 spiro atoms. The molecule has 2 aromatic rings. The molecule has 1 unspecified atom stereocenters. The van der Waals surface area contributed by atoms with E-state index >= 15 is 0 Å². The molecule has 1 atom stereocenters. The maximum Gasteiger partial charge on any atom is 0.229 e. The quantitative estimate of drug-likeness (QED) is 0.878. The number of pyridine rings is 1. The summed E-state index contributed by atoms with van der Waals surface area (Å²) in [6.07, 6.45) is 3.49. The van der Waals surface area contributed by atoms with Gasteiger partial charge in [-0.1, -0.05) is 24.3 Å². The monoisotopic (exact) mass is 253 g/mol. The third kappa shape index (κ3) is 2.42. The highest BCUT2D eigenvalue weighted by atomic mass is 16.1. The summed E-state index contributed by atoms with van der Waals surface area (Å²) in [5.41, 5.74) is 3.14. The van der Waals surface area contributed by atoms with E-state index in [1.807, 2.05) is 36.4 Å². The Morgan fingerprint density at radius 1 is 1.32 bits per heavy atom. The van der Waals surface area contributed by atoms with Crippen LogP contribution in [0, 0.1) is 0 Å². The summed E-state index contributed by atoms with van der Waals surface area (Å²) in [7, 11) is 0. The van der Waals surface area contributed by atoms with Gasteiger partial charge >= 0.3 is 0 Å². The molecule has 19 heavy (non-hydrogen) atoms. The Kier molecular flexibility index (Phi) is 3.14. The van der Waals surface area contributed by atoms with E-state index in [4.69, 9.17) is 0 Å². The van der Waals surface area contributed by atoms with E-state index in [9.17, 15) is 4.79 Å². The number of hydrogen-bond donors (Lipinski definition) is 2. The van der Waals surface area contributed by atoms with Gasteiger partial charge in [-0.3, -0.25) is 9.78 Å². The van der Waals surface area contributed by atoms with Crippen LogP contribution in [-0.2, 0) is 11.3 Å². The first-order valence-corrected chi connectivity index (χ1v) is 6.34. The molecule has 0 fully saturated rings. The molecule has 1 aliphatic rings. The number of fused-ring (bicyclic) bond motifs is 1. The smallest absolute Gasteiger partial charge is 0.229 e. The zero-order valence-corrected chi connectivity index (χ0v) is 10.5. The van der Waals surface area contributed by atoms with Crippen molar-refractivity contribution in [3.63, 3.8) is 0 Å². The van der Waals surface area contributed by atoms with Crippen LogP contribution in [0.2, 0.25) is 0 Å². The summed E-state index contributed by atoms with van der Waals surface area (Å²) < 4.78 is 0.